The Labute approximate surface area is 122 Å². The topological polar surface area (TPSA) is 21.3 Å². The lowest BCUT2D eigenvalue weighted by Crippen LogP contribution is -2.34. The summed E-state index contributed by atoms with van der Waals surface area (Å²) in [4.78, 5) is 0. The average molecular weight is 289 g/mol. The minimum absolute atomic E-state index is 0.188. The van der Waals surface area contributed by atoms with Gasteiger partial charge in [0.15, 0.2) is 0 Å². The molecule has 1 N–H and O–H groups in total. The Morgan fingerprint density at radius 1 is 1.05 bits per heavy atom. The SMILES string of the molecule is COc1ccc(C2CC(Nc3cc(F)ccc3F)C2)cc1. The fraction of sp³-hybridized carbons (Fsp3) is 0.294. The van der Waals surface area contributed by atoms with E-state index in [1.807, 2.05) is 12.1 Å². The van der Waals surface area contributed by atoms with Crippen molar-refractivity contribution in [3.8, 4) is 5.75 Å². The molecule has 0 aromatic heterocycles. The zero-order valence-electron chi connectivity index (χ0n) is 11.8. The van der Waals surface area contributed by atoms with E-state index in [0.29, 0.717) is 5.92 Å². The lowest BCUT2D eigenvalue weighted by atomic mass is 9.76. The van der Waals surface area contributed by atoms with Gasteiger partial charge in [-0.2, -0.15) is 0 Å². The van der Waals surface area contributed by atoms with E-state index in [4.69, 9.17) is 4.74 Å². The third-order valence-electron chi connectivity index (χ3n) is 4.01. The normalized spacial score (nSPS) is 20.7. The molecule has 0 aliphatic heterocycles. The minimum atomic E-state index is -0.426. The standard InChI is InChI=1S/C17H17F2NO/c1-21-15-5-2-11(3-6-15)12-8-14(9-12)20-17-10-13(18)4-7-16(17)19/h2-7,10,12,14,20H,8-9H2,1H3. The average Bonchev–Trinajstić information content (AvgIpc) is 2.46. The van der Waals surface area contributed by atoms with Crippen LogP contribution in [-0.4, -0.2) is 13.2 Å². The molecular formula is C17H17F2NO. The number of halogens is 2. The van der Waals surface area contributed by atoms with Crippen LogP contribution in [0.2, 0.25) is 0 Å². The summed E-state index contributed by atoms with van der Waals surface area (Å²) >= 11 is 0. The van der Waals surface area contributed by atoms with Crippen molar-refractivity contribution in [2.75, 3.05) is 12.4 Å². The van der Waals surface area contributed by atoms with E-state index in [0.717, 1.165) is 30.7 Å². The van der Waals surface area contributed by atoms with Gasteiger partial charge in [0, 0.05) is 6.04 Å². The molecule has 0 amide bonds. The molecule has 2 aromatic rings. The molecule has 0 radical (unpaired) electrons. The van der Waals surface area contributed by atoms with E-state index in [2.05, 4.69) is 17.4 Å². The number of hydrogen-bond donors (Lipinski definition) is 1. The first-order chi connectivity index (χ1) is 10.2. The van der Waals surface area contributed by atoms with Crippen molar-refractivity contribution < 1.29 is 13.5 Å². The quantitative estimate of drug-likeness (QED) is 0.904. The summed E-state index contributed by atoms with van der Waals surface area (Å²) in [7, 11) is 1.64. The minimum Gasteiger partial charge on any atom is -0.497 e. The van der Waals surface area contributed by atoms with E-state index in [9.17, 15) is 8.78 Å². The number of nitrogens with one attached hydrogen (secondary N) is 1. The van der Waals surface area contributed by atoms with Crippen molar-refractivity contribution in [2.45, 2.75) is 24.8 Å². The third kappa shape index (κ3) is 2.99. The second kappa shape index (κ2) is 5.72. The van der Waals surface area contributed by atoms with Crippen molar-refractivity contribution >= 4 is 5.69 Å². The molecule has 21 heavy (non-hydrogen) atoms. The van der Waals surface area contributed by atoms with Gasteiger partial charge in [0.1, 0.15) is 17.4 Å². The number of rotatable bonds is 4. The monoisotopic (exact) mass is 289 g/mol. The van der Waals surface area contributed by atoms with Gasteiger partial charge in [-0.3, -0.25) is 0 Å². The van der Waals surface area contributed by atoms with E-state index in [-0.39, 0.29) is 11.7 Å². The number of hydrogen-bond acceptors (Lipinski definition) is 2. The molecule has 110 valence electrons. The van der Waals surface area contributed by atoms with Crippen LogP contribution in [0.3, 0.4) is 0 Å². The Morgan fingerprint density at radius 2 is 1.76 bits per heavy atom. The predicted molar refractivity (Wildman–Crippen MR) is 78.7 cm³/mol. The molecule has 0 saturated heterocycles. The van der Waals surface area contributed by atoms with Crippen molar-refractivity contribution in [3.05, 3.63) is 59.7 Å². The highest BCUT2D eigenvalue weighted by Gasteiger charge is 2.30. The molecule has 1 saturated carbocycles. The van der Waals surface area contributed by atoms with E-state index in [1.165, 1.54) is 11.6 Å². The molecule has 0 spiro atoms. The lowest BCUT2D eigenvalue weighted by molar-refractivity contribution is 0.371. The fourth-order valence-corrected chi connectivity index (χ4v) is 2.71. The summed E-state index contributed by atoms with van der Waals surface area (Å²) in [5.41, 5.74) is 1.50. The van der Waals surface area contributed by atoms with Crippen molar-refractivity contribution in [3.63, 3.8) is 0 Å². The van der Waals surface area contributed by atoms with Crippen molar-refractivity contribution in [2.24, 2.45) is 0 Å². The number of benzene rings is 2. The van der Waals surface area contributed by atoms with Crippen molar-refractivity contribution in [1.82, 2.24) is 0 Å². The molecule has 0 unspecified atom stereocenters. The molecule has 1 fully saturated rings. The Morgan fingerprint density at radius 3 is 2.43 bits per heavy atom. The van der Waals surface area contributed by atoms with E-state index in [1.54, 1.807) is 7.11 Å². The predicted octanol–water partition coefficient (Wildman–Crippen LogP) is 4.33. The van der Waals surface area contributed by atoms with Crippen LogP contribution in [0, 0.1) is 11.6 Å². The zero-order chi connectivity index (χ0) is 14.8. The summed E-state index contributed by atoms with van der Waals surface area (Å²) in [6.45, 7) is 0. The van der Waals surface area contributed by atoms with Gasteiger partial charge in [-0.15, -0.1) is 0 Å². The highest BCUT2D eigenvalue weighted by Crippen LogP contribution is 2.39. The molecule has 0 bridgehead atoms. The second-order valence-electron chi connectivity index (χ2n) is 5.41. The summed E-state index contributed by atoms with van der Waals surface area (Å²) in [6, 6.07) is 11.7. The van der Waals surface area contributed by atoms with Crippen LogP contribution in [0.4, 0.5) is 14.5 Å². The molecule has 1 aliphatic rings. The van der Waals surface area contributed by atoms with Crippen LogP contribution in [-0.2, 0) is 0 Å². The van der Waals surface area contributed by atoms with E-state index < -0.39 is 11.6 Å². The third-order valence-corrected chi connectivity index (χ3v) is 4.01. The molecule has 3 rings (SSSR count). The lowest BCUT2D eigenvalue weighted by Gasteiger charge is -2.37. The summed E-state index contributed by atoms with van der Waals surface area (Å²) in [5, 5.41) is 3.07. The van der Waals surface area contributed by atoms with Crippen molar-refractivity contribution in [1.29, 1.82) is 0 Å². The number of methoxy groups -OCH3 is 1. The van der Waals surface area contributed by atoms with Gasteiger partial charge in [-0.1, -0.05) is 12.1 Å². The second-order valence-corrected chi connectivity index (χ2v) is 5.41. The van der Waals surface area contributed by atoms with Gasteiger partial charge in [-0.05, 0) is 54.7 Å². The smallest absolute Gasteiger partial charge is 0.146 e. The van der Waals surface area contributed by atoms with Gasteiger partial charge in [0.05, 0.1) is 12.8 Å². The van der Waals surface area contributed by atoms with Crippen LogP contribution in [0.5, 0.6) is 5.75 Å². The molecule has 2 aromatic carbocycles. The maximum atomic E-state index is 13.6. The summed E-state index contributed by atoms with van der Waals surface area (Å²) < 4.78 is 31.8. The van der Waals surface area contributed by atoms with Crippen LogP contribution in [0.15, 0.2) is 42.5 Å². The Kier molecular flexibility index (Phi) is 3.78. The maximum Gasteiger partial charge on any atom is 0.146 e. The van der Waals surface area contributed by atoms with Crippen LogP contribution < -0.4 is 10.1 Å². The summed E-state index contributed by atoms with van der Waals surface area (Å²) in [6.07, 6.45) is 1.84. The zero-order valence-corrected chi connectivity index (χ0v) is 11.8. The molecular weight excluding hydrogens is 272 g/mol. The van der Waals surface area contributed by atoms with Gasteiger partial charge in [0.25, 0.3) is 0 Å². The van der Waals surface area contributed by atoms with Crippen LogP contribution in [0.1, 0.15) is 24.3 Å². The molecule has 4 heteroatoms. The first-order valence-corrected chi connectivity index (χ1v) is 7.01. The Bertz CT molecular complexity index is 621. The summed E-state index contributed by atoms with van der Waals surface area (Å²) in [5.74, 6) is 0.467. The number of anilines is 1. The van der Waals surface area contributed by atoms with Gasteiger partial charge in [-0.25, -0.2) is 8.78 Å². The molecule has 0 atom stereocenters. The van der Waals surface area contributed by atoms with Gasteiger partial charge < -0.3 is 10.1 Å². The molecule has 1 aliphatic carbocycles. The van der Waals surface area contributed by atoms with Crippen LogP contribution in [0.25, 0.3) is 0 Å². The highest BCUT2D eigenvalue weighted by molar-refractivity contribution is 5.47. The van der Waals surface area contributed by atoms with Gasteiger partial charge >= 0.3 is 0 Å². The Hall–Kier alpha value is -2.10. The first kappa shape index (κ1) is 13.9. The van der Waals surface area contributed by atoms with E-state index >= 15 is 0 Å². The maximum absolute atomic E-state index is 13.6. The van der Waals surface area contributed by atoms with Gasteiger partial charge in [0.2, 0.25) is 0 Å². The molecule has 0 heterocycles. The van der Waals surface area contributed by atoms with Crippen LogP contribution >= 0.6 is 0 Å². The Balaban J connectivity index is 1.59. The first-order valence-electron chi connectivity index (χ1n) is 7.01. The fourth-order valence-electron chi connectivity index (χ4n) is 2.71. The number of ether oxygens (including phenoxy) is 1. The largest absolute Gasteiger partial charge is 0.497 e. The highest BCUT2D eigenvalue weighted by atomic mass is 19.1. The molecule has 2 nitrogen and oxygen atoms in total.